The Labute approximate surface area is 109 Å². The van der Waals surface area contributed by atoms with E-state index in [4.69, 9.17) is 15.2 Å². The van der Waals surface area contributed by atoms with Crippen molar-refractivity contribution in [3.63, 3.8) is 0 Å². The average Bonchev–Trinajstić information content (AvgIpc) is 2.75. The van der Waals surface area contributed by atoms with Crippen LogP contribution in [0.5, 0.6) is 5.75 Å². The van der Waals surface area contributed by atoms with Crippen LogP contribution in [0.15, 0.2) is 24.3 Å². The molecule has 1 fully saturated rings. The van der Waals surface area contributed by atoms with Crippen LogP contribution >= 0.6 is 0 Å². The Bertz CT molecular complexity index is 384. The summed E-state index contributed by atoms with van der Waals surface area (Å²) in [6.07, 6.45) is 1.43. The Morgan fingerprint density at radius 2 is 2.33 bits per heavy atom. The molecule has 2 N–H and O–H groups in total. The molecule has 1 aromatic rings. The highest BCUT2D eigenvalue weighted by molar-refractivity contribution is 5.43. The van der Waals surface area contributed by atoms with Crippen LogP contribution in [0, 0.1) is 0 Å². The van der Waals surface area contributed by atoms with Gasteiger partial charge in [-0.25, -0.2) is 0 Å². The number of hydrogen-bond acceptors (Lipinski definition) is 4. The van der Waals surface area contributed by atoms with Crippen molar-refractivity contribution in [2.45, 2.75) is 25.5 Å². The second-order valence-corrected chi connectivity index (χ2v) is 4.83. The number of rotatable bonds is 5. The second-order valence-electron chi connectivity index (χ2n) is 4.83. The number of benzene rings is 1. The minimum absolute atomic E-state index is 0.322. The third kappa shape index (κ3) is 3.37. The van der Waals surface area contributed by atoms with Gasteiger partial charge < -0.3 is 15.2 Å². The van der Waals surface area contributed by atoms with E-state index in [1.165, 1.54) is 0 Å². The molecule has 4 heteroatoms. The van der Waals surface area contributed by atoms with E-state index >= 15 is 0 Å². The summed E-state index contributed by atoms with van der Waals surface area (Å²) < 4.78 is 11.3. The van der Waals surface area contributed by atoms with Crippen molar-refractivity contribution in [1.29, 1.82) is 0 Å². The molecule has 1 saturated heterocycles. The summed E-state index contributed by atoms with van der Waals surface area (Å²) >= 11 is 0. The van der Waals surface area contributed by atoms with E-state index in [2.05, 4.69) is 18.9 Å². The molecule has 0 radical (unpaired) electrons. The van der Waals surface area contributed by atoms with Gasteiger partial charge in [-0.15, -0.1) is 0 Å². The lowest BCUT2D eigenvalue weighted by molar-refractivity contribution is 0.0787. The van der Waals surface area contributed by atoms with Crippen LogP contribution in [-0.2, 0) is 4.74 Å². The van der Waals surface area contributed by atoms with Crippen LogP contribution in [0.1, 0.15) is 13.3 Å². The molecule has 1 heterocycles. The highest BCUT2D eigenvalue weighted by Crippen LogP contribution is 2.18. The number of nitrogens with zero attached hydrogens (tertiary/aromatic N) is 1. The molecule has 2 unspecified atom stereocenters. The summed E-state index contributed by atoms with van der Waals surface area (Å²) in [6.45, 7) is 4.56. The number of ether oxygens (including phenoxy) is 2. The van der Waals surface area contributed by atoms with Crippen molar-refractivity contribution in [3.05, 3.63) is 24.3 Å². The van der Waals surface area contributed by atoms with Crippen LogP contribution in [0.25, 0.3) is 0 Å². The van der Waals surface area contributed by atoms with Crippen molar-refractivity contribution >= 4 is 5.69 Å². The third-order valence-electron chi connectivity index (χ3n) is 3.47. The predicted octanol–water partition coefficient (Wildman–Crippen LogP) is 1.76. The van der Waals surface area contributed by atoms with Crippen molar-refractivity contribution in [2.75, 3.05) is 32.5 Å². The summed E-state index contributed by atoms with van der Waals surface area (Å²) in [5.74, 6) is 0.833. The number of nitrogen functional groups attached to an aromatic ring is 1. The standard InChI is InChI=1S/C14H22N2O2/c1-11-14(6-8-17-11)16(2)7-9-18-13-5-3-4-12(15)10-13/h3-5,10-11,14H,6-9,15H2,1-2H3. The largest absolute Gasteiger partial charge is 0.492 e. The van der Waals surface area contributed by atoms with Crippen molar-refractivity contribution in [2.24, 2.45) is 0 Å². The molecule has 4 nitrogen and oxygen atoms in total. The van der Waals surface area contributed by atoms with Gasteiger partial charge in [-0.2, -0.15) is 0 Å². The van der Waals surface area contributed by atoms with E-state index in [0.717, 1.165) is 31.0 Å². The monoisotopic (exact) mass is 250 g/mol. The zero-order chi connectivity index (χ0) is 13.0. The lowest BCUT2D eigenvalue weighted by Crippen LogP contribution is -2.39. The number of anilines is 1. The molecule has 0 aliphatic carbocycles. The highest BCUT2D eigenvalue weighted by Gasteiger charge is 2.27. The number of hydrogen-bond donors (Lipinski definition) is 1. The molecular weight excluding hydrogens is 228 g/mol. The summed E-state index contributed by atoms with van der Waals surface area (Å²) in [5.41, 5.74) is 6.44. The van der Waals surface area contributed by atoms with Gasteiger partial charge >= 0.3 is 0 Å². The molecule has 2 atom stereocenters. The Hall–Kier alpha value is -1.26. The van der Waals surface area contributed by atoms with Gasteiger partial charge in [-0.05, 0) is 32.5 Å². The van der Waals surface area contributed by atoms with Crippen LogP contribution < -0.4 is 10.5 Å². The van der Waals surface area contributed by atoms with Gasteiger partial charge in [0.25, 0.3) is 0 Å². The van der Waals surface area contributed by atoms with Crippen molar-refractivity contribution in [1.82, 2.24) is 4.90 Å². The zero-order valence-corrected chi connectivity index (χ0v) is 11.1. The first kappa shape index (κ1) is 13.2. The first-order valence-electron chi connectivity index (χ1n) is 6.47. The molecule has 0 aromatic heterocycles. The predicted molar refractivity (Wildman–Crippen MR) is 72.8 cm³/mol. The topological polar surface area (TPSA) is 47.7 Å². The molecule has 1 aliphatic rings. The van der Waals surface area contributed by atoms with Crippen LogP contribution in [0.4, 0.5) is 5.69 Å². The first-order valence-corrected chi connectivity index (χ1v) is 6.47. The SMILES string of the molecule is CC1OCCC1N(C)CCOc1cccc(N)c1. The molecule has 0 spiro atoms. The molecule has 0 amide bonds. The maximum atomic E-state index is 5.70. The molecule has 2 rings (SSSR count). The van der Waals surface area contributed by atoms with Gasteiger partial charge in [0.1, 0.15) is 12.4 Å². The van der Waals surface area contributed by atoms with Gasteiger partial charge in [0, 0.05) is 30.9 Å². The maximum absolute atomic E-state index is 5.70. The lowest BCUT2D eigenvalue weighted by atomic mass is 10.1. The molecule has 100 valence electrons. The van der Waals surface area contributed by atoms with Gasteiger partial charge in [0.05, 0.1) is 6.10 Å². The molecule has 1 aromatic carbocycles. The smallest absolute Gasteiger partial charge is 0.121 e. The molecule has 18 heavy (non-hydrogen) atoms. The second kappa shape index (κ2) is 6.07. The first-order chi connectivity index (χ1) is 8.66. The van der Waals surface area contributed by atoms with Crippen LogP contribution in [0.3, 0.4) is 0 Å². The van der Waals surface area contributed by atoms with E-state index in [1.807, 2.05) is 24.3 Å². The van der Waals surface area contributed by atoms with E-state index < -0.39 is 0 Å². The Balaban J connectivity index is 1.75. The van der Waals surface area contributed by atoms with E-state index in [9.17, 15) is 0 Å². The number of likely N-dealkylation sites (N-methyl/N-ethyl adjacent to an activating group) is 1. The fraction of sp³-hybridized carbons (Fsp3) is 0.571. The lowest BCUT2D eigenvalue weighted by Gasteiger charge is -2.26. The fourth-order valence-corrected chi connectivity index (χ4v) is 2.38. The maximum Gasteiger partial charge on any atom is 0.121 e. The van der Waals surface area contributed by atoms with Crippen LogP contribution in [0.2, 0.25) is 0 Å². The quantitative estimate of drug-likeness (QED) is 0.809. The van der Waals surface area contributed by atoms with Crippen LogP contribution in [-0.4, -0.2) is 43.9 Å². The summed E-state index contributed by atoms with van der Waals surface area (Å²) in [5, 5.41) is 0. The molecule has 0 bridgehead atoms. The Morgan fingerprint density at radius 1 is 1.50 bits per heavy atom. The van der Waals surface area contributed by atoms with Gasteiger partial charge in [-0.3, -0.25) is 4.90 Å². The van der Waals surface area contributed by atoms with E-state index in [1.54, 1.807) is 0 Å². The number of nitrogens with two attached hydrogens (primary N) is 1. The molecule has 0 saturated carbocycles. The minimum atomic E-state index is 0.322. The van der Waals surface area contributed by atoms with Gasteiger partial charge in [-0.1, -0.05) is 6.07 Å². The molecular formula is C14H22N2O2. The molecule has 1 aliphatic heterocycles. The third-order valence-corrected chi connectivity index (χ3v) is 3.47. The normalized spacial score (nSPS) is 23.5. The Morgan fingerprint density at radius 3 is 3.00 bits per heavy atom. The summed E-state index contributed by atoms with van der Waals surface area (Å²) in [4.78, 5) is 2.31. The summed E-state index contributed by atoms with van der Waals surface area (Å²) in [6, 6.07) is 8.05. The van der Waals surface area contributed by atoms with E-state index in [-0.39, 0.29) is 0 Å². The fourth-order valence-electron chi connectivity index (χ4n) is 2.38. The van der Waals surface area contributed by atoms with E-state index in [0.29, 0.717) is 18.8 Å². The highest BCUT2D eigenvalue weighted by atomic mass is 16.5. The van der Waals surface area contributed by atoms with Gasteiger partial charge in [0.2, 0.25) is 0 Å². The van der Waals surface area contributed by atoms with Crippen molar-refractivity contribution in [3.8, 4) is 5.75 Å². The minimum Gasteiger partial charge on any atom is -0.492 e. The Kier molecular flexibility index (Phi) is 4.44. The van der Waals surface area contributed by atoms with Gasteiger partial charge in [0.15, 0.2) is 0 Å². The zero-order valence-electron chi connectivity index (χ0n) is 11.1. The van der Waals surface area contributed by atoms with Crippen molar-refractivity contribution < 1.29 is 9.47 Å². The average molecular weight is 250 g/mol. The summed E-state index contributed by atoms with van der Waals surface area (Å²) in [7, 11) is 2.12.